The van der Waals surface area contributed by atoms with Crippen molar-refractivity contribution in [3.8, 4) is 18.1 Å². The average molecular weight is 437 g/mol. The van der Waals surface area contributed by atoms with E-state index < -0.39 is 5.60 Å². The Labute approximate surface area is 194 Å². The third kappa shape index (κ3) is 3.89. The van der Waals surface area contributed by atoms with Crippen LogP contribution < -0.4 is 0 Å². The van der Waals surface area contributed by atoms with Crippen molar-refractivity contribution < 1.29 is 10.2 Å². The quantitative estimate of drug-likeness (QED) is 0.476. The predicted octanol–water partition coefficient (Wildman–Crippen LogP) is 4.03. The van der Waals surface area contributed by atoms with Gasteiger partial charge in [0, 0.05) is 44.7 Å². The normalized spacial score (nSPS) is 40.8. The van der Waals surface area contributed by atoms with Crippen LogP contribution in [0.15, 0.2) is 31.4 Å². The first-order chi connectivity index (χ1) is 15.4. The second-order valence-electron chi connectivity index (χ2n) is 10.5. The molecule has 4 nitrogen and oxygen atoms in total. The molecule has 5 fully saturated rings. The third-order valence-electron chi connectivity index (χ3n) is 9.30. The average Bonchev–Trinajstić information content (AvgIpc) is 3.13. The van der Waals surface area contributed by atoms with E-state index in [9.17, 15) is 10.2 Å². The van der Waals surface area contributed by atoms with Gasteiger partial charge in [-0.3, -0.25) is 9.80 Å². The Kier molecular flexibility index (Phi) is 6.73. The molecule has 7 rings (SSSR count). The summed E-state index contributed by atoms with van der Waals surface area (Å²) in [4.78, 5) is 5.08. The van der Waals surface area contributed by atoms with Crippen LogP contribution in [0.2, 0.25) is 0 Å². The van der Waals surface area contributed by atoms with Gasteiger partial charge in [0.2, 0.25) is 0 Å². The maximum absolute atomic E-state index is 10.9. The molecule has 6 aliphatic rings. The van der Waals surface area contributed by atoms with Gasteiger partial charge in [0.1, 0.15) is 11.4 Å². The number of phenolic OH excluding ortho intramolecular Hbond substituents is 1. The van der Waals surface area contributed by atoms with E-state index in [1.807, 2.05) is 12.1 Å². The number of hydrogen-bond acceptors (Lipinski definition) is 4. The molecule has 32 heavy (non-hydrogen) atoms. The highest BCUT2D eigenvalue weighted by atomic mass is 16.3. The van der Waals surface area contributed by atoms with Gasteiger partial charge in [-0.1, -0.05) is 18.9 Å². The Morgan fingerprint density at radius 2 is 1.62 bits per heavy atom. The number of aliphatic hydroxyl groups is 1. The molecule has 5 atom stereocenters. The minimum Gasteiger partial charge on any atom is -0.508 e. The van der Waals surface area contributed by atoms with E-state index in [-0.39, 0.29) is 5.41 Å². The van der Waals surface area contributed by atoms with E-state index >= 15 is 0 Å². The molecule has 0 amide bonds. The number of benzene rings is 1. The zero-order valence-electron chi connectivity index (χ0n) is 19.7. The fraction of sp³-hybridized carbons (Fsp3) is 0.643. The van der Waals surface area contributed by atoms with Gasteiger partial charge in [-0.2, -0.15) is 0 Å². The molecule has 2 bridgehead atoms. The van der Waals surface area contributed by atoms with Crippen LogP contribution >= 0.6 is 0 Å². The van der Waals surface area contributed by atoms with Crippen molar-refractivity contribution >= 4 is 0 Å². The summed E-state index contributed by atoms with van der Waals surface area (Å²) in [6, 6.07) is 5.87. The fourth-order valence-corrected chi connectivity index (χ4v) is 7.34. The first kappa shape index (κ1) is 23.4. The monoisotopic (exact) mass is 436 g/mol. The molecule has 3 heterocycles. The minimum atomic E-state index is -0.919. The van der Waals surface area contributed by atoms with Crippen LogP contribution in [0.25, 0.3) is 0 Å². The summed E-state index contributed by atoms with van der Waals surface area (Å²) in [5.41, 5.74) is 1.69. The molecule has 1 aromatic carbocycles. The first-order valence-corrected chi connectivity index (χ1v) is 12.4. The second kappa shape index (κ2) is 9.21. The topological polar surface area (TPSA) is 46.9 Å². The molecular weight excluding hydrogens is 396 g/mol. The lowest BCUT2D eigenvalue weighted by Crippen LogP contribution is -2.55. The molecule has 3 aliphatic heterocycles. The molecule has 0 radical (unpaired) electrons. The third-order valence-corrected chi connectivity index (χ3v) is 9.30. The van der Waals surface area contributed by atoms with Crippen molar-refractivity contribution in [2.45, 2.75) is 57.0 Å². The lowest BCUT2D eigenvalue weighted by atomic mass is 9.53. The Morgan fingerprint density at radius 3 is 2.19 bits per heavy atom. The number of aryl methyl sites for hydroxylation is 1. The summed E-state index contributed by atoms with van der Waals surface area (Å²) >= 11 is 0. The molecule has 3 aliphatic carbocycles. The maximum Gasteiger partial charge on any atom is 0.130 e. The number of fused-ring (bicyclic) bond motifs is 8. The van der Waals surface area contributed by atoms with Crippen LogP contribution in [-0.4, -0.2) is 64.9 Å². The number of phenols is 1. The molecule has 2 saturated carbocycles. The summed E-state index contributed by atoms with van der Waals surface area (Å²) in [7, 11) is 0. The van der Waals surface area contributed by atoms with Crippen molar-refractivity contribution in [3.05, 3.63) is 42.5 Å². The predicted molar refractivity (Wildman–Crippen MR) is 131 cm³/mol. The zero-order chi connectivity index (χ0) is 22.9. The number of terminal acetylenes is 1. The molecule has 0 spiro atoms. The Balaban J connectivity index is 0.000000204. The van der Waals surface area contributed by atoms with Crippen LogP contribution in [0.1, 0.15) is 56.1 Å². The highest BCUT2D eigenvalue weighted by Crippen LogP contribution is 2.64. The van der Waals surface area contributed by atoms with Crippen LogP contribution in [0.3, 0.4) is 0 Å². The van der Waals surface area contributed by atoms with Gasteiger partial charge in [0.25, 0.3) is 0 Å². The summed E-state index contributed by atoms with van der Waals surface area (Å²) in [5, 5.41) is 20.6. The van der Waals surface area contributed by atoms with Gasteiger partial charge < -0.3 is 10.2 Å². The first-order valence-electron chi connectivity index (χ1n) is 12.4. The second-order valence-corrected chi connectivity index (χ2v) is 10.5. The molecule has 2 N–H and O–H groups in total. The minimum absolute atomic E-state index is 0.128. The molecule has 1 aromatic rings. The van der Waals surface area contributed by atoms with Crippen LogP contribution in [0.4, 0.5) is 0 Å². The maximum atomic E-state index is 10.9. The number of piperazine rings is 3. The molecule has 0 aromatic heterocycles. The van der Waals surface area contributed by atoms with Crippen molar-refractivity contribution in [2.24, 2.45) is 17.3 Å². The summed E-state index contributed by atoms with van der Waals surface area (Å²) < 4.78 is 0. The SMILES string of the molecule is C#C[C@]1(O)CC[C@H]2[C@@H]3CCc4cc(O)ccc4[C@H]3CC[C@@]21C.C1CN2CCN1CC2.C=C. The van der Waals surface area contributed by atoms with Gasteiger partial charge in [0.15, 0.2) is 0 Å². The van der Waals surface area contributed by atoms with Crippen LogP contribution in [0.5, 0.6) is 5.75 Å². The lowest BCUT2D eigenvalue weighted by Gasteiger charge is -2.52. The van der Waals surface area contributed by atoms with Gasteiger partial charge in [-0.05, 0) is 79.5 Å². The fourth-order valence-electron chi connectivity index (χ4n) is 7.34. The van der Waals surface area contributed by atoms with E-state index in [2.05, 4.69) is 41.9 Å². The van der Waals surface area contributed by atoms with Crippen LogP contribution in [0, 0.1) is 29.6 Å². The highest BCUT2D eigenvalue weighted by molar-refractivity contribution is 5.40. The lowest BCUT2D eigenvalue weighted by molar-refractivity contribution is -0.0646. The standard InChI is InChI=1S/C20H24O2.C6H12N2.C2H4/c1-3-20(22)11-9-18-17-6-4-13-12-14(21)5-7-15(13)16(17)8-10-19(18,20)2;1-2-8-5-3-7(1)4-6-8;1-2/h1,5,7,12,16-18,21-22H,4,6,8-11H2,2H3;1-6H2;1-2H2/t16-,17-,18+,19+,20+;;/m1../s1. The summed E-state index contributed by atoms with van der Waals surface area (Å²) in [6.45, 7) is 16.1. The zero-order valence-corrected chi connectivity index (χ0v) is 19.7. The molecule has 0 unspecified atom stereocenters. The Hall–Kier alpha value is -1.80. The van der Waals surface area contributed by atoms with Crippen molar-refractivity contribution in [1.82, 2.24) is 9.80 Å². The van der Waals surface area contributed by atoms with E-state index in [0.29, 0.717) is 23.5 Å². The van der Waals surface area contributed by atoms with Gasteiger partial charge in [0.05, 0.1) is 0 Å². The summed E-state index contributed by atoms with van der Waals surface area (Å²) in [6.07, 6.45) is 11.8. The van der Waals surface area contributed by atoms with E-state index in [1.54, 1.807) is 0 Å². The molecule has 174 valence electrons. The van der Waals surface area contributed by atoms with Gasteiger partial charge in [-0.15, -0.1) is 19.6 Å². The van der Waals surface area contributed by atoms with Gasteiger partial charge in [-0.25, -0.2) is 0 Å². The number of hydrogen-bond donors (Lipinski definition) is 2. The number of rotatable bonds is 0. The molecule has 3 saturated heterocycles. The highest BCUT2D eigenvalue weighted by Gasteiger charge is 2.61. The number of nitrogens with zero attached hydrogens (tertiary/aromatic N) is 2. The largest absolute Gasteiger partial charge is 0.508 e. The van der Waals surface area contributed by atoms with Crippen molar-refractivity contribution in [1.29, 1.82) is 0 Å². The molecule has 4 heteroatoms. The van der Waals surface area contributed by atoms with Gasteiger partial charge >= 0.3 is 0 Å². The summed E-state index contributed by atoms with van der Waals surface area (Å²) in [5.74, 6) is 4.82. The number of aromatic hydroxyl groups is 1. The van der Waals surface area contributed by atoms with Crippen molar-refractivity contribution in [3.63, 3.8) is 0 Å². The van der Waals surface area contributed by atoms with Crippen LogP contribution in [-0.2, 0) is 6.42 Å². The van der Waals surface area contributed by atoms with E-state index in [1.165, 1.54) is 50.4 Å². The smallest absolute Gasteiger partial charge is 0.130 e. The molecular formula is C28H40N2O2. The Morgan fingerprint density at radius 1 is 1.00 bits per heavy atom. The van der Waals surface area contributed by atoms with E-state index in [4.69, 9.17) is 6.42 Å². The Bertz CT molecular complexity index is 832. The van der Waals surface area contributed by atoms with Crippen molar-refractivity contribution in [2.75, 3.05) is 39.3 Å². The van der Waals surface area contributed by atoms with E-state index in [0.717, 1.165) is 38.5 Å².